The molecule has 5 nitrogen and oxygen atoms in total. The number of sulfone groups is 1. The molecule has 0 aliphatic carbocycles. The zero-order valence-electron chi connectivity index (χ0n) is 8.27. The van der Waals surface area contributed by atoms with Crippen molar-refractivity contribution in [3.63, 3.8) is 0 Å². The van der Waals surface area contributed by atoms with E-state index < -0.39 is 9.84 Å². The molecule has 0 aromatic rings. The minimum Gasteiger partial charge on any atom is -0.368 e. The largest absolute Gasteiger partial charge is 0.368 e. The van der Waals surface area contributed by atoms with Crippen molar-refractivity contribution in [3.05, 3.63) is 0 Å². The molecular formula is C8H16N2O3S. The number of hydrogen-bond donors (Lipinski definition) is 1. The quantitative estimate of drug-likeness (QED) is 0.657. The van der Waals surface area contributed by atoms with Crippen LogP contribution in [0.15, 0.2) is 0 Å². The Labute approximate surface area is 84.2 Å². The first-order valence-corrected chi connectivity index (χ1v) is 6.67. The van der Waals surface area contributed by atoms with Crippen LogP contribution in [0.5, 0.6) is 0 Å². The van der Waals surface area contributed by atoms with Crippen LogP contribution < -0.4 is 5.73 Å². The second-order valence-electron chi connectivity index (χ2n) is 3.73. The van der Waals surface area contributed by atoms with Crippen molar-refractivity contribution in [1.82, 2.24) is 4.90 Å². The number of nitrogens with zero attached hydrogens (tertiary/aromatic N) is 1. The van der Waals surface area contributed by atoms with Crippen molar-refractivity contribution in [2.24, 2.45) is 5.73 Å². The van der Waals surface area contributed by atoms with Crippen molar-refractivity contribution in [1.29, 1.82) is 0 Å². The Bertz CT molecular complexity index is 313. The molecule has 2 N–H and O–H groups in total. The Hall–Kier alpha value is -0.620. The van der Waals surface area contributed by atoms with Crippen LogP contribution in [-0.4, -0.2) is 50.4 Å². The molecule has 0 radical (unpaired) electrons. The van der Waals surface area contributed by atoms with Gasteiger partial charge in [-0.1, -0.05) is 0 Å². The maximum Gasteiger partial charge on any atom is 0.234 e. The Balaban J connectivity index is 2.48. The van der Waals surface area contributed by atoms with Crippen LogP contribution in [0, 0.1) is 0 Å². The van der Waals surface area contributed by atoms with E-state index in [9.17, 15) is 13.2 Å². The van der Waals surface area contributed by atoms with Gasteiger partial charge in [0.15, 0.2) is 0 Å². The zero-order chi connectivity index (χ0) is 10.8. The number of hydrogen-bond acceptors (Lipinski definition) is 4. The molecule has 0 unspecified atom stereocenters. The second kappa shape index (κ2) is 4.27. The molecule has 6 heteroatoms. The topological polar surface area (TPSA) is 80.5 Å². The van der Waals surface area contributed by atoms with Gasteiger partial charge in [0.25, 0.3) is 0 Å². The van der Waals surface area contributed by atoms with Crippen molar-refractivity contribution in [3.8, 4) is 0 Å². The SMILES string of the molecule is CS(=O)(=O)CCN1CCC[C@@H]1C(N)=O. The number of carbonyl (C=O) groups excluding carboxylic acids is 1. The molecule has 1 amide bonds. The van der Waals surface area contributed by atoms with E-state index in [1.807, 2.05) is 4.90 Å². The predicted octanol–water partition coefficient (Wildman–Crippen LogP) is -1.02. The fraction of sp³-hybridized carbons (Fsp3) is 0.875. The second-order valence-corrected chi connectivity index (χ2v) is 5.99. The average molecular weight is 220 g/mol. The molecule has 0 spiro atoms. The molecule has 1 atom stereocenters. The molecule has 1 aliphatic rings. The van der Waals surface area contributed by atoms with Crippen molar-refractivity contribution in [2.75, 3.05) is 25.1 Å². The highest BCUT2D eigenvalue weighted by Crippen LogP contribution is 2.16. The summed E-state index contributed by atoms with van der Waals surface area (Å²) in [7, 11) is -2.95. The summed E-state index contributed by atoms with van der Waals surface area (Å²) in [6.45, 7) is 1.18. The van der Waals surface area contributed by atoms with Gasteiger partial charge in [0.1, 0.15) is 9.84 Å². The summed E-state index contributed by atoms with van der Waals surface area (Å²) in [6.07, 6.45) is 2.86. The fourth-order valence-corrected chi connectivity index (χ4v) is 2.27. The van der Waals surface area contributed by atoms with E-state index in [0.717, 1.165) is 19.4 Å². The maximum absolute atomic E-state index is 11.0. The first-order valence-electron chi connectivity index (χ1n) is 4.61. The molecule has 1 saturated heterocycles. The van der Waals surface area contributed by atoms with Crippen LogP contribution in [0.1, 0.15) is 12.8 Å². The lowest BCUT2D eigenvalue weighted by Crippen LogP contribution is -2.42. The summed E-state index contributed by atoms with van der Waals surface area (Å²) >= 11 is 0. The molecule has 0 bridgehead atoms. The van der Waals surface area contributed by atoms with Crippen LogP contribution in [0.4, 0.5) is 0 Å². The van der Waals surface area contributed by atoms with Crippen molar-refractivity contribution < 1.29 is 13.2 Å². The van der Waals surface area contributed by atoms with Crippen LogP contribution >= 0.6 is 0 Å². The number of primary amides is 1. The molecule has 0 aromatic heterocycles. The van der Waals surface area contributed by atoms with Gasteiger partial charge in [0, 0.05) is 12.8 Å². The lowest BCUT2D eigenvalue weighted by Gasteiger charge is -2.20. The van der Waals surface area contributed by atoms with Gasteiger partial charge in [-0.2, -0.15) is 0 Å². The van der Waals surface area contributed by atoms with Gasteiger partial charge in [-0.05, 0) is 19.4 Å². The Morgan fingerprint density at radius 1 is 1.57 bits per heavy atom. The van der Waals surface area contributed by atoms with Crippen molar-refractivity contribution >= 4 is 15.7 Å². The minimum absolute atomic E-state index is 0.0940. The number of nitrogens with two attached hydrogens (primary N) is 1. The molecule has 1 rings (SSSR count). The van der Waals surface area contributed by atoms with E-state index in [0.29, 0.717) is 6.54 Å². The Kier molecular flexibility index (Phi) is 3.49. The number of likely N-dealkylation sites (tertiary alicyclic amines) is 1. The highest BCUT2D eigenvalue weighted by atomic mass is 32.2. The Morgan fingerprint density at radius 3 is 2.71 bits per heavy atom. The van der Waals surface area contributed by atoms with Gasteiger partial charge in [0.05, 0.1) is 11.8 Å². The van der Waals surface area contributed by atoms with E-state index in [4.69, 9.17) is 5.73 Å². The molecule has 14 heavy (non-hydrogen) atoms. The highest BCUT2D eigenvalue weighted by molar-refractivity contribution is 7.90. The van der Waals surface area contributed by atoms with Gasteiger partial charge in [-0.15, -0.1) is 0 Å². The third kappa shape index (κ3) is 3.26. The van der Waals surface area contributed by atoms with Gasteiger partial charge in [-0.25, -0.2) is 8.42 Å². The van der Waals surface area contributed by atoms with E-state index in [-0.39, 0.29) is 17.7 Å². The van der Waals surface area contributed by atoms with E-state index in [1.165, 1.54) is 6.26 Å². The van der Waals surface area contributed by atoms with Gasteiger partial charge in [0.2, 0.25) is 5.91 Å². The number of rotatable bonds is 4. The maximum atomic E-state index is 11.0. The molecule has 1 heterocycles. The van der Waals surface area contributed by atoms with Gasteiger partial charge < -0.3 is 5.73 Å². The van der Waals surface area contributed by atoms with Crippen LogP contribution in [-0.2, 0) is 14.6 Å². The molecule has 0 saturated carbocycles. The minimum atomic E-state index is -2.95. The first kappa shape index (κ1) is 11.5. The van der Waals surface area contributed by atoms with Gasteiger partial charge in [-0.3, -0.25) is 9.69 Å². The third-order valence-corrected chi connectivity index (χ3v) is 3.37. The lowest BCUT2D eigenvalue weighted by atomic mass is 10.2. The normalized spacial score (nSPS) is 23.9. The molecule has 1 fully saturated rings. The Morgan fingerprint density at radius 2 is 2.21 bits per heavy atom. The summed E-state index contributed by atoms with van der Waals surface area (Å²) in [5.74, 6) is -0.257. The first-order chi connectivity index (χ1) is 6.40. The number of amides is 1. The number of carbonyl (C=O) groups is 1. The predicted molar refractivity (Wildman–Crippen MR) is 53.5 cm³/mol. The van der Waals surface area contributed by atoms with Crippen LogP contribution in [0.2, 0.25) is 0 Å². The fourth-order valence-electron chi connectivity index (χ4n) is 1.70. The van der Waals surface area contributed by atoms with E-state index >= 15 is 0 Å². The average Bonchev–Trinajstić information content (AvgIpc) is 2.46. The van der Waals surface area contributed by atoms with Gasteiger partial charge >= 0.3 is 0 Å². The smallest absolute Gasteiger partial charge is 0.234 e. The molecule has 1 aliphatic heterocycles. The summed E-state index contributed by atoms with van der Waals surface area (Å²) in [5, 5.41) is 0. The standard InChI is InChI=1S/C8H16N2O3S/c1-14(12,13)6-5-10-4-2-3-7(10)8(9)11/h7H,2-6H2,1H3,(H2,9,11)/t7-/m1/s1. The van der Waals surface area contributed by atoms with Crippen LogP contribution in [0.3, 0.4) is 0 Å². The zero-order valence-corrected chi connectivity index (χ0v) is 9.09. The third-order valence-electron chi connectivity index (χ3n) is 2.44. The van der Waals surface area contributed by atoms with E-state index in [1.54, 1.807) is 0 Å². The van der Waals surface area contributed by atoms with Crippen molar-refractivity contribution in [2.45, 2.75) is 18.9 Å². The summed E-state index contributed by atoms with van der Waals surface area (Å²) in [6, 6.07) is -0.267. The lowest BCUT2D eigenvalue weighted by molar-refractivity contribution is -0.122. The molecule has 82 valence electrons. The highest BCUT2D eigenvalue weighted by Gasteiger charge is 2.28. The van der Waals surface area contributed by atoms with E-state index in [2.05, 4.69) is 0 Å². The monoisotopic (exact) mass is 220 g/mol. The molecular weight excluding hydrogens is 204 g/mol. The summed E-state index contributed by atoms with van der Waals surface area (Å²) in [4.78, 5) is 12.8. The summed E-state index contributed by atoms with van der Waals surface area (Å²) in [5.41, 5.74) is 5.20. The van der Waals surface area contributed by atoms with Crippen LogP contribution in [0.25, 0.3) is 0 Å². The summed E-state index contributed by atoms with van der Waals surface area (Å²) < 4.78 is 21.8. The molecule has 0 aromatic carbocycles.